The molecule has 2 fully saturated rings. The number of ether oxygens (including phenoxy) is 1. The van der Waals surface area contributed by atoms with Crippen LogP contribution in [-0.4, -0.2) is 11.6 Å². The van der Waals surface area contributed by atoms with Gasteiger partial charge in [-0.1, -0.05) is 104 Å². The first-order valence-electron chi connectivity index (χ1n) is 13.8. The summed E-state index contributed by atoms with van der Waals surface area (Å²) in [5.74, 6) is 4.97. The summed E-state index contributed by atoms with van der Waals surface area (Å²) in [5.41, 5.74) is 1.23. The van der Waals surface area contributed by atoms with Crippen molar-refractivity contribution in [3.8, 4) is 5.75 Å². The Balaban J connectivity index is 1.24. The zero-order valence-corrected chi connectivity index (χ0v) is 20.6. The SMILES string of the molecule is CCCCC[C@H]1CC[C@H](CC[C@H]2CC[C@H](CCc3ccc(OCCC)cn3)CC2)CC1. The Kier molecular flexibility index (Phi) is 11.2. The van der Waals surface area contributed by atoms with Crippen molar-refractivity contribution in [1.82, 2.24) is 4.98 Å². The van der Waals surface area contributed by atoms with Gasteiger partial charge in [0.1, 0.15) is 5.75 Å². The number of hydrogen-bond donors (Lipinski definition) is 0. The number of pyridine rings is 1. The summed E-state index contributed by atoms with van der Waals surface area (Å²) in [4.78, 5) is 4.61. The molecule has 0 aliphatic heterocycles. The van der Waals surface area contributed by atoms with E-state index in [0.717, 1.165) is 48.9 Å². The van der Waals surface area contributed by atoms with Gasteiger partial charge in [0.25, 0.3) is 0 Å². The lowest BCUT2D eigenvalue weighted by Crippen LogP contribution is -2.18. The van der Waals surface area contributed by atoms with Gasteiger partial charge in [-0.2, -0.15) is 0 Å². The molecule has 0 bridgehead atoms. The molecule has 31 heavy (non-hydrogen) atoms. The number of aromatic nitrogens is 1. The number of unbranched alkanes of at least 4 members (excludes halogenated alkanes) is 2. The third-order valence-electron chi connectivity index (χ3n) is 8.21. The fourth-order valence-corrected chi connectivity index (χ4v) is 5.99. The predicted octanol–water partition coefficient (Wildman–Crippen LogP) is 8.78. The highest BCUT2D eigenvalue weighted by atomic mass is 16.5. The summed E-state index contributed by atoms with van der Waals surface area (Å²) in [6.07, 6.45) is 26.2. The Labute approximate surface area is 193 Å². The normalized spacial score (nSPS) is 26.6. The molecule has 0 amide bonds. The first kappa shape index (κ1) is 24.6. The van der Waals surface area contributed by atoms with Gasteiger partial charge in [-0.15, -0.1) is 0 Å². The summed E-state index contributed by atoms with van der Waals surface area (Å²) >= 11 is 0. The van der Waals surface area contributed by atoms with Crippen LogP contribution in [0.3, 0.4) is 0 Å². The molecule has 0 radical (unpaired) electrons. The van der Waals surface area contributed by atoms with Crippen LogP contribution in [0.15, 0.2) is 18.3 Å². The Morgan fingerprint density at radius 1 is 0.710 bits per heavy atom. The molecule has 0 N–H and O–H groups in total. The minimum absolute atomic E-state index is 0.782. The third-order valence-corrected chi connectivity index (χ3v) is 8.21. The summed E-state index contributed by atoms with van der Waals surface area (Å²) in [5, 5.41) is 0. The van der Waals surface area contributed by atoms with Crippen LogP contribution in [0.1, 0.15) is 122 Å². The average Bonchev–Trinajstić information content (AvgIpc) is 2.82. The van der Waals surface area contributed by atoms with E-state index in [1.807, 2.05) is 6.20 Å². The monoisotopic (exact) mass is 427 g/mol. The Bertz CT molecular complexity index is 567. The van der Waals surface area contributed by atoms with E-state index in [0.29, 0.717) is 0 Å². The van der Waals surface area contributed by atoms with E-state index in [4.69, 9.17) is 4.74 Å². The molecule has 1 aromatic rings. The van der Waals surface area contributed by atoms with Gasteiger partial charge in [-0.3, -0.25) is 4.98 Å². The van der Waals surface area contributed by atoms with Gasteiger partial charge in [0.2, 0.25) is 0 Å². The molecule has 0 saturated heterocycles. The van der Waals surface area contributed by atoms with Gasteiger partial charge < -0.3 is 4.74 Å². The second-order valence-electron chi connectivity index (χ2n) is 10.7. The summed E-state index contributed by atoms with van der Waals surface area (Å²) in [7, 11) is 0. The van der Waals surface area contributed by atoms with Gasteiger partial charge in [-0.25, -0.2) is 0 Å². The van der Waals surface area contributed by atoms with Crippen molar-refractivity contribution in [2.45, 2.75) is 123 Å². The van der Waals surface area contributed by atoms with Crippen molar-refractivity contribution in [3.63, 3.8) is 0 Å². The zero-order chi connectivity index (χ0) is 21.7. The fourth-order valence-electron chi connectivity index (χ4n) is 5.99. The average molecular weight is 428 g/mol. The zero-order valence-electron chi connectivity index (χ0n) is 20.6. The molecule has 2 heteroatoms. The van der Waals surface area contributed by atoms with Gasteiger partial charge in [0.15, 0.2) is 0 Å². The second kappa shape index (κ2) is 14.2. The molecule has 2 nitrogen and oxygen atoms in total. The van der Waals surface area contributed by atoms with Crippen LogP contribution in [0.5, 0.6) is 5.75 Å². The van der Waals surface area contributed by atoms with Crippen molar-refractivity contribution < 1.29 is 4.74 Å². The minimum Gasteiger partial charge on any atom is -0.492 e. The maximum Gasteiger partial charge on any atom is 0.137 e. The molecule has 0 unspecified atom stereocenters. The number of hydrogen-bond acceptors (Lipinski definition) is 2. The molecule has 2 aliphatic rings. The lowest BCUT2D eigenvalue weighted by atomic mass is 9.74. The molecule has 1 aromatic heterocycles. The minimum atomic E-state index is 0.782. The van der Waals surface area contributed by atoms with E-state index < -0.39 is 0 Å². The maximum absolute atomic E-state index is 5.65. The van der Waals surface area contributed by atoms with E-state index in [9.17, 15) is 0 Å². The molecule has 3 rings (SSSR count). The van der Waals surface area contributed by atoms with Crippen LogP contribution in [0, 0.1) is 23.7 Å². The van der Waals surface area contributed by atoms with Crippen LogP contribution in [-0.2, 0) is 6.42 Å². The van der Waals surface area contributed by atoms with Crippen LogP contribution in [0.2, 0.25) is 0 Å². The molecular weight excluding hydrogens is 378 g/mol. The van der Waals surface area contributed by atoms with Crippen LogP contribution in [0.4, 0.5) is 0 Å². The van der Waals surface area contributed by atoms with Crippen molar-refractivity contribution in [2.24, 2.45) is 23.7 Å². The topological polar surface area (TPSA) is 22.1 Å². The first-order valence-corrected chi connectivity index (χ1v) is 13.8. The van der Waals surface area contributed by atoms with Gasteiger partial charge >= 0.3 is 0 Å². The molecule has 2 aliphatic carbocycles. The van der Waals surface area contributed by atoms with E-state index >= 15 is 0 Å². The van der Waals surface area contributed by atoms with E-state index in [2.05, 4.69) is 31.0 Å². The van der Waals surface area contributed by atoms with Gasteiger partial charge in [0, 0.05) is 5.69 Å². The van der Waals surface area contributed by atoms with E-state index in [1.165, 1.54) is 102 Å². The highest BCUT2D eigenvalue weighted by molar-refractivity contribution is 5.19. The molecular formula is C29H49NO. The fraction of sp³-hybridized carbons (Fsp3) is 0.828. The second-order valence-corrected chi connectivity index (χ2v) is 10.7. The molecule has 0 aromatic carbocycles. The van der Waals surface area contributed by atoms with Crippen LogP contribution >= 0.6 is 0 Å². The standard InChI is InChI=1S/C29H49NO/c1-3-5-6-7-24-8-10-25(11-9-24)12-13-26-14-16-27(17-15-26)18-19-28-20-21-29(23-30-28)31-22-4-2/h20-21,23-27H,3-19,22H2,1-2H3/t24-,25-,26-,27-. The smallest absolute Gasteiger partial charge is 0.137 e. The molecule has 176 valence electrons. The molecule has 0 atom stereocenters. The summed E-state index contributed by atoms with van der Waals surface area (Å²) in [6.45, 7) is 5.24. The summed E-state index contributed by atoms with van der Waals surface area (Å²) in [6, 6.07) is 4.25. The Hall–Kier alpha value is -1.05. The van der Waals surface area contributed by atoms with Gasteiger partial charge in [0.05, 0.1) is 12.8 Å². The van der Waals surface area contributed by atoms with Crippen molar-refractivity contribution in [3.05, 3.63) is 24.0 Å². The highest BCUT2D eigenvalue weighted by Crippen LogP contribution is 2.38. The van der Waals surface area contributed by atoms with E-state index in [1.54, 1.807) is 0 Å². The number of aryl methyl sites for hydroxylation is 1. The molecule has 0 spiro atoms. The number of nitrogens with zero attached hydrogens (tertiary/aromatic N) is 1. The van der Waals surface area contributed by atoms with Crippen molar-refractivity contribution in [2.75, 3.05) is 6.61 Å². The summed E-state index contributed by atoms with van der Waals surface area (Å²) < 4.78 is 5.65. The van der Waals surface area contributed by atoms with Crippen molar-refractivity contribution >= 4 is 0 Å². The Morgan fingerprint density at radius 3 is 1.81 bits per heavy atom. The first-order chi connectivity index (χ1) is 15.3. The molecule has 2 saturated carbocycles. The van der Waals surface area contributed by atoms with Crippen LogP contribution in [0.25, 0.3) is 0 Å². The predicted molar refractivity (Wildman–Crippen MR) is 133 cm³/mol. The lowest BCUT2D eigenvalue weighted by Gasteiger charge is -2.32. The Morgan fingerprint density at radius 2 is 1.29 bits per heavy atom. The van der Waals surface area contributed by atoms with Crippen molar-refractivity contribution in [1.29, 1.82) is 0 Å². The largest absolute Gasteiger partial charge is 0.492 e. The number of rotatable bonds is 13. The maximum atomic E-state index is 5.65. The third kappa shape index (κ3) is 9.15. The van der Waals surface area contributed by atoms with Gasteiger partial charge in [-0.05, 0) is 55.1 Å². The quantitative estimate of drug-likeness (QED) is 0.293. The van der Waals surface area contributed by atoms with E-state index in [-0.39, 0.29) is 0 Å². The van der Waals surface area contributed by atoms with Crippen LogP contribution < -0.4 is 4.74 Å². The lowest BCUT2D eigenvalue weighted by molar-refractivity contribution is 0.208. The molecule has 1 heterocycles. The highest BCUT2D eigenvalue weighted by Gasteiger charge is 2.24.